The molecule has 1 atom stereocenters. The maximum Gasteiger partial charge on any atom is 0.127 e. The topological polar surface area (TPSA) is 29.3 Å². The lowest BCUT2D eigenvalue weighted by molar-refractivity contribution is 0.245. The fraction of sp³-hybridized carbons (Fsp3) is 0.235. The second kappa shape index (κ2) is 6.42. The molecule has 5 heteroatoms. The smallest absolute Gasteiger partial charge is 0.127 e. The monoisotopic (exact) mass is 316 g/mol. The zero-order valence-electron chi connectivity index (χ0n) is 12.5. The molecule has 2 aromatic heterocycles. The highest BCUT2D eigenvalue weighted by Crippen LogP contribution is 2.27. The molecule has 0 spiro atoms. The zero-order valence-corrected chi connectivity index (χ0v) is 13.3. The quantitative estimate of drug-likeness (QED) is 0.681. The van der Waals surface area contributed by atoms with Crippen LogP contribution in [0.15, 0.2) is 52.7 Å². The van der Waals surface area contributed by atoms with E-state index >= 15 is 0 Å². The molecule has 114 valence electrons. The van der Waals surface area contributed by atoms with Gasteiger partial charge in [-0.3, -0.25) is 4.90 Å². The summed E-state index contributed by atoms with van der Waals surface area (Å²) in [7, 11) is 1.98. The summed E-state index contributed by atoms with van der Waals surface area (Å²) in [5, 5.41) is 2.98. The van der Waals surface area contributed by atoms with Crippen LogP contribution in [0.4, 0.5) is 4.39 Å². The summed E-state index contributed by atoms with van der Waals surface area (Å²) in [6, 6.07) is 8.79. The summed E-state index contributed by atoms with van der Waals surface area (Å²) in [4.78, 5) is 6.70. The van der Waals surface area contributed by atoms with Gasteiger partial charge in [0.05, 0.1) is 12.0 Å². The molecule has 0 saturated heterocycles. The van der Waals surface area contributed by atoms with Crippen LogP contribution in [-0.4, -0.2) is 16.9 Å². The number of aromatic nitrogens is 1. The van der Waals surface area contributed by atoms with Crippen LogP contribution in [-0.2, 0) is 6.54 Å². The molecule has 0 N–H and O–H groups in total. The van der Waals surface area contributed by atoms with Gasteiger partial charge in [-0.25, -0.2) is 9.37 Å². The van der Waals surface area contributed by atoms with Gasteiger partial charge in [-0.15, -0.1) is 11.3 Å². The number of thiazole rings is 1. The molecule has 0 aliphatic rings. The molecular formula is C17H17FN2OS. The van der Waals surface area contributed by atoms with Gasteiger partial charge in [0.25, 0.3) is 0 Å². The van der Waals surface area contributed by atoms with Crippen LogP contribution >= 0.6 is 11.3 Å². The van der Waals surface area contributed by atoms with Crippen molar-refractivity contribution in [2.75, 3.05) is 7.05 Å². The number of furan rings is 1. The minimum Gasteiger partial charge on any atom is -0.472 e. The fourth-order valence-electron chi connectivity index (χ4n) is 2.34. The first kappa shape index (κ1) is 14.9. The van der Waals surface area contributed by atoms with Gasteiger partial charge in [-0.05, 0) is 26.1 Å². The Hall–Kier alpha value is -1.98. The molecular weight excluding hydrogens is 299 g/mol. The SMILES string of the molecule is CC(c1ccccc1F)N(C)Cc1csc(-c2ccoc2)n1. The van der Waals surface area contributed by atoms with E-state index in [1.807, 2.05) is 37.6 Å². The number of halogens is 1. The fourth-order valence-corrected chi connectivity index (χ4v) is 3.14. The Morgan fingerprint density at radius 2 is 2.14 bits per heavy atom. The Balaban J connectivity index is 1.72. The molecule has 1 aromatic carbocycles. The maximum atomic E-state index is 13.9. The predicted molar refractivity (Wildman–Crippen MR) is 86.1 cm³/mol. The van der Waals surface area contributed by atoms with Crippen LogP contribution in [0.1, 0.15) is 24.2 Å². The lowest BCUT2D eigenvalue weighted by atomic mass is 10.1. The third kappa shape index (κ3) is 3.10. The van der Waals surface area contributed by atoms with E-state index in [-0.39, 0.29) is 11.9 Å². The summed E-state index contributed by atoms with van der Waals surface area (Å²) < 4.78 is 19.0. The molecule has 2 heterocycles. The molecule has 0 radical (unpaired) electrons. The van der Waals surface area contributed by atoms with E-state index in [1.165, 1.54) is 6.07 Å². The number of hydrogen-bond donors (Lipinski definition) is 0. The Bertz CT molecular complexity index is 739. The molecule has 3 rings (SSSR count). The average molecular weight is 316 g/mol. The van der Waals surface area contributed by atoms with Crippen molar-refractivity contribution in [3.05, 3.63) is 65.3 Å². The van der Waals surface area contributed by atoms with E-state index in [9.17, 15) is 4.39 Å². The van der Waals surface area contributed by atoms with E-state index in [1.54, 1.807) is 29.9 Å². The molecule has 3 aromatic rings. The van der Waals surface area contributed by atoms with Crippen LogP contribution in [0.3, 0.4) is 0 Å². The molecule has 0 fully saturated rings. The first-order valence-corrected chi connectivity index (χ1v) is 7.95. The average Bonchev–Trinajstić information content (AvgIpc) is 3.17. The third-order valence-electron chi connectivity index (χ3n) is 3.75. The van der Waals surface area contributed by atoms with Crippen molar-refractivity contribution >= 4 is 11.3 Å². The van der Waals surface area contributed by atoms with E-state index < -0.39 is 0 Å². The molecule has 1 unspecified atom stereocenters. The largest absolute Gasteiger partial charge is 0.472 e. The van der Waals surface area contributed by atoms with Crippen molar-refractivity contribution in [3.8, 4) is 10.6 Å². The van der Waals surface area contributed by atoms with Gasteiger partial charge in [0.2, 0.25) is 0 Å². The van der Waals surface area contributed by atoms with Crippen LogP contribution in [0.2, 0.25) is 0 Å². The summed E-state index contributed by atoms with van der Waals surface area (Å²) in [5.74, 6) is -0.167. The van der Waals surface area contributed by atoms with E-state index in [0.717, 1.165) is 16.3 Å². The van der Waals surface area contributed by atoms with Gasteiger partial charge >= 0.3 is 0 Å². The van der Waals surface area contributed by atoms with Gasteiger partial charge < -0.3 is 4.42 Å². The first-order chi connectivity index (χ1) is 10.6. The molecule has 0 saturated carbocycles. The van der Waals surface area contributed by atoms with Gasteiger partial charge in [0, 0.05) is 29.1 Å². The molecule has 3 nitrogen and oxygen atoms in total. The van der Waals surface area contributed by atoms with Crippen LogP contribution in [0, 0.1) is 5.82 Å². The highest BCUT2D eigenvalue weighted by Gasteiger charge is 2.16. The van der Waals surface area contributed by atoms with Crippen LogP contribution in [0.5, 0.6) is 0 Å². The standard InChI is InChI=1S/C17H17FN2OS/c1-12(15-5-3-4-6-16(15)18)20(2)9-14-11-22-17(19-14)13-7-8-21-10-13/h3-8,10-12H,9H2,1-2H3. The number of rotatable bonds is 5. The van der Waals surface area contributed by atoms with Crippen molar-refractivity contribution in [1.29, 1.82) is 0 Å². The lowest BCUT2D eigenvalue weighted by Gasteiger charge is -2.24. The van der Waals surface area contributed by atoms with Crippen molar-refractivity contribution in [2.24, 2.45) is 0 Å². The Morgan fingerprint density at radius 3 is 2.86 bits per heavy atom. The van der Waals surface area contributed by atoms with E-state index in [4.69, 9.17) is 4.42 Å². The van der Waals surface area contributed by atoms with Crippen LogP contribution < -0.4 is 0 Å². The number of benzene rings is 1. The minimum absolute atomic E-state index is 0.0136. The summed E-state index contributed by atoms with van der Waals surface area (Å²) in [5.41, 5.74) is 2.67. The second-order valence-corrected chi connectivity index (χ2v) is 6.13. The molecule has 0 aliphatic carbocycles. The van der Waals surface area contributed by atoms with Gasteiger partial charge in [0.15, 0.2) is 0 Å². The predicted octanol–water partition coefficient (Wildman–Crippen LogP) is 4.74. The number of nitrogens with zero attached hydrogens (tertiary/aromatic N) is 2. The van der Waals surface area contributed by atoms with Crippen molar-refractivity contribution in [1.82, 2.24) is 9.88 Å². The van der Waals surface area contributed by atoms with Gasteiger partial charge in [-0.1, -0.05) is 18.2 Å². The maximum absolute atomic E-state index is 13.9. The Labute approximate surface area is 133 Å². The second-order valence-electron chi connectivity index (χ2n) is 5.27. The highest BCUT2D eigenvalue weighted by atomic mass is 32.1. The van der Waals surface area contributed by atoms with Gasteiger partial charge in [0.1, 0.15) is 17.1 Å². The molecule has 0 bridgehead atoms. The minimum atomic E-state index is -0.167. The van der Waals surface area contributed by atoms with Crippen molar-refractivity contribution in [3.63, 3.8) is 0 Å². The normalized spacial score (nSPS) is 12.7. The Morgan fingerprint density at radius 1 is 1.32 bits per heavy atom. The summed E-state index contributed by atoms with van der Waals surface area (Å²) in [6.45, 7) is 2.67. The molecule has 0 amide bonds. The van der Waals surface area contributed by atoms with Crippen molar-refractivity contribution < 1.29 is 8.81 Å². The third-order valence-corrected chi connectivity index (χ3v) is 4.69. The van der Waals surface area contributed by atoms with Crippen LogP contribution in [0.25, 0.3) is 10.6 Å². The van der Waals surface area contributed by atoms with Gasteiger partial charge in [-0.2, -0.15) is 0 Å². The Kier molecular flexibility index (Phi) is 4.36. The first-order valence-electron chi connectivity index (χ1n) is 7.07. The molecule has 22 heavy (non-hydrogen) atoms. The van der Waals surface area contributed by atoms with E-state index in [0.29, 0.717) is 12.1 Å². The number of hydrogen-bond acceptors (Lipinski definition) is 4. The summed E-state index contributed by atoms with van der Waals surface area (Å²) in [6.07, 6.45) is 3.33. The highest BCUT2D eigenvalue weighted by molar-refractivity contribution is 7.13. The zero-order chi connectivity index (χ0) is 15.5. The molecule has 0 aliphatic heterocycles. The summed E-state index contributed by atoms with van der Waals surface area (Å²) >= 11 is 1.59. The van der Waals surface area contributed by atoms with Crippen molar-refractivity contribution in [2.45, 2.75) is 19.5 Å². The van der Waals surface area contributed by atoms with E-state index in [2.05, 4.69) is 9.88 Å². The lowest BCUT2D eigenvalue weighted by Crippen LogP contribution is -2.22.